The SMILES string of the molecule is CN(C)/C(Br)=C/C=O. The lowest BCUT2D eigenvalue weighted by Gasteiger charge is -2.07. The fraction of sp³-hybridized carbons (Fsp3) is 0.400. The highest BCUT2D eigenvalue weighted by molar-refractivity contribution is 9.11. The van der Waals surface area contributed by atoms with Gasteiger partial charge in [0.1, 0.15) is 6.29 Å². The first kappa shape index (κ1) is 7.69. The van der Waals surface area contributed by atoms with Gasteiger partial charge in [0, 0.05) is 20.2 Å². The standard InChI is InChI=1S/C5H8BrNO/c1-7(2)5(6)3-4-8/h3-4H,1-2H3/b5-3+. The maximum atomic E-state index is 9.79. The van der Waals surface area contributed by atoms with Crippen molar-refractivity contribution in [3.05, 3.63) is 10.7 Å². The molecule has 0 unspecified atom stereocenters. The van der Waals surface area contributed by atoms with Crippen LogP contribution in [0.15, 0.2) is 10.7 Å². The fourth-order valence-electron chi connectivity index (χ4n) is 0.205. The summed E-state index contributed by atoms with van der Waals surface area (Å²) in [6, 6.07) is 0. The molecule has 0 heterocycles. The van der Waals surface area contributed by atoms with Gasteiger partial charge in [0.05, 0.1) is 4.61 Å². The minimum atomic E-state index is 0.740. The zero-order valence-electron chi connectivity index (χ0n) is 4.89. The molecule has 0 aliphatic heterocycles. The second kappa shape index (κ2) is 3.66. The largest absolute Gasteiger partial charge is 0.372 e. The van der Waals surface area contributed by atoms with Crippen LogP contribution >= 0.6 is 15.9 Å². The Bertz CT molecular complexity index is 109. The van der Waals surface area contributed by atoms with Gasteiger partial charge in [-0.2, -0.15) is 0 Å². The molecule has 2 nitrogen and oxygen atoms in total. The van der Waals surface area contributed by atoms with Crippen LogP contribution in [-0.2, 0) is 4.79 Å². The van der Waals surface area contributed by atoms with Crippen molar-refractivity contribution in [2.24, 2.45) is 0 Å². The van der Waals surface area contributed by atoms with Crippen molar-refractivity contribution < 1.29 is 4.79 Å². The number of carbonyl (C=O) groups is 1. The maximum absolute atomic E-state index is 9.79. The molecule has 0 radical (unpaired) electrons. The van der Waals surface area contributed by atoms with E-state index in [1.54, 1.807) is 4.90 Å². The Labute approximate surface area is 57.3 Å². The number of halogens is 1. The summed E-state index contributed by atoms with van der Waals surface area (Å²) >= 11 is 3.16. The van der Waals surface area contributed by atoms with Crippen LogP contribution in [0.1, 0.15) is 0 Å². The van der Waals surface area contributed by atoms with E-state index in [0.29, 0.717) is 0 Å². The van der Waals surface area contributed by atoms with Crippen molar-refractivity contribution in [3.63, 3.8) is 0 Å². The molecule has 0 aliphatic carbocycles. The van der Waals surface area contributed by atoms with E-state index in [1.807, 2.05) is 14.1 Å². The highest BCUT2D eigenvalue weighted by Gasteiger charge is 1.88. The lowest BCUT2D eigenvalue weighted by Crippen LogP contribution is -2.05. The van der Waals surface area contributed by atoms with Crippen molar-refractivity contribution in [2.75, 3.05) is 14.1 Å². The molecule has 0 aliphatic rings. The Kier molecular flexibility index (Phi) is 3.52. The zero-order valence-corrected chi connectivity index (χ0v) is 6.47. The fourth-order valence-corrected chi connectivity index (χ4v) is 0.313. The van der Waals surface area contributed by atoms with Gasteiger partial charge in [-0.15, -0.1) is 0 Å². The lowest BCUT2D eigenvalue weighted by molar-refractivity contribution is -0.104. The quantitative estimate of drug-likeness (QED) is 0.357. The molecular weight excluding hydrogens is 170 g/mol. The van der Waals surface area contributed by atoms with Gasteiger partial charge in [0.15, 0.2) is 0 Å². The van der Waals surface area contributed by atoms with Crippen LogP contribution in [0.5, 0.6) is 0 Å². The minimum absolute atomic E-state index is 0.740. The molecule has 0 atom stereocenters. The molecule has 8 heavy (non-hydrogen) atoms. The van der Waals surface area contributed by atoms with E-state index in [1.165, 1.54) is 6.08 Å². The van der Waals surface area contributed by atoms with Crippen molar-refractivity contribution >= 4 is 22.2 Å². The van der Waals surface area contributed by atoms with Gasteiger partial charge in [-0.25, -0.2) is 0 Å². The van der Waals surface area contributed by atoms with Crippen LogP contribution in [0.3, 0.4) is 0 Å². The summed E-state index contributed by atoms with van der Waals surface area (Å²) in [5.41, 5.74) is 0. The number of hydrogen-bond donors (Lipinski definition) is 0. The first-order valence-corrected chi connectivity index (χ1v) is 2.96. The first-order valence-electron chi connectivity index (χ1n) is 2.16. The van der Waals surface area contributed by atoms with Gasteiger partial charge in [-0.3, -0.25) is 4.79 Å². The molecule has 0 amide bonds. The van der Waals surface area contributed by atoms with Gasteiger partial charge in [0.2, 0.25) is 0 Å². The van der Waals surface area contributed by atoms with Crippen molar-refractivity contribution in [1.82, 2.24) is 4.90 Å². The van der Waals surface area contributed by atoms with Crippen molar-refractivity contribution in [2.45, 2.75) is 0 Å². The Balaban J connectivity index is 3.78. The first-order chi connectivity index (χ1) is 3.68. The number of rotatable bonds is 2. The third kappa shape index (κ3) is 2.80. The van der Waals surface area contributed by atoms with Crippen LogP contribution < -0.4 is 0 Å². The number of allylic oxidation sites excluding steroid dienone is 1. The number of aldehydes is 1. The molecule has 3 heteroatoms. The van der Waals surface area contributed by atoms with E-state index in [9.17, 15) is 4.79 Å². The molecule has 0 aromatic rings. The van der Waals surface area contributed by atoms with E-state index in [2.05, 4.69) is 15.9 Å². The van der Waals surface area contributed by atoms with Crippen LogP contribution in [0.2, 0.25) is 0 Å². The van der Waals surface area contributed by atoms with Gasteiger partial charge in [-0.05, 0) is 15.9 Å². The van der Waals surface area contributed by atoms with Crippen molar-refractivity contribution in [3.8, 4) is 0 Å². The van der Waals surface area contributed by atoms with E-state index in [0.717, 1.165) is 10.9 Å². The number of hydrogen-bond acceptors (Lipinski definition) is 2. The lowest BCUT2D eigenvalue weighted by atomic mass is 10.6. The van der Waals surface area contributed by atoms with E-state index < -0.39 is 0 Å². The van der Waals surface area contributed by atoms with E-state index >= 15 is 0 Å². The van der Waals surface area contributed by atoms with Gasteiger partial charge < -0.3 is 4.90 Å². The third-order valence-corrected chi connectivity index (χ3v) is 1.61. The average Bonchev–Trinajstić information content (AvgIpc) is 1.67. The molecule has 0 bridgehead atoms. The summed E-state index contributed by atoms with van der Waals surface area (Å²) in [5, 5.41) is 0. The molecule has 0 spiro atoms. The molecule has 0 aromatic heterocycles. The molecule has 0 fully saturated rings. The van der Waals surface area contributed by atoms with Crippen LogP contribution in [-0.4, -0.2) is 25.3 Å². The second-order valence-electron chi connectivity index (χ2n) is 1.52. The predicted octanol–water partition coefficient (Wildman–Crippen LogP) is 0.983. The van der Waals surface area contributed by atoms with E-state index in [-0.39, 0.29) is 0 Å². The summed E-state index contributed by atoms with van der Waals surface area (Å²) in [7, 11) is 3.70. The monoisotopic (exact) mass is 177 g/mol. The molecule has 0 saturated heterocycles. The summed E-state index contributed by atoms with van der Waals surface area (Å²) < 4.78 is 0.785. The van der Waals surface area contributed by atoms with E-state index in [4.69, 9.17) is 0 Å². The topological polar surface area (TPSA) is 20.3 Å². The zero-order chi connectivity index (χ0) is 6.57. The van der Waals surface area contributed by atoms with Gasteiger partial charge >= 0.3 is 0 Å². The average molecular weight is 178 g/mol. The summed E-state index contributed by atoms with van der Waals surface area (Å²) in [6.07, 6.45) is 2.18. The van der Waals surface area contributed by atoms with Crippen LogP contribution in [0, 0.1) is 0 Å². The van der Waals surface area contributed by atoms with Crippen LogP contribution in [0.4, 0.5) is 0 Å². The summed E-state index contributed by atoms with van der Waals surface area (Å²) in [5.74, 6) is 0. The smallest absolute Gasteiger partial charge is 0.145 e. The highest BCUT2D eigenvalue weighted by Crippen LogP contribution is 2.04. The molecule has 0 rings (SSSR count). The maximum Gasteiger partial charge on any atom is 0.145 e. The summed E-state index contributed by atoms with van der Waals surface area (Å²) in [4.78, 5) is 11.6. The Morgan fingerprint density at radius 2 is 2.12 bits per heavy atom. The second-order valence-corrected chi connectivity index (χ2v) is 2.33. The highest BCUT2D eigenvalue weighted by atomic mass is 79.9. The van der Waals surface area contributed by atoms with Crippen molar-refractivity contribution in [1.29, 1.82) is 0 Å². The number of nitrogens with zero attached hydrogens (tertiary/aromatic N) is 1. The summed E-state index contributed by atoms with van der Waals surface area (Å²) in [6.45, 7) is 0. The molecule has 0 aromatic carbocycles. The van der Waals surface area contributed by atoms with Gasteiger partial charge in [-0.1, -0.05) is 0 Å². The number of carbonyl (C=O) groups excluding carboxylic acids is 1. The molecule has 0 saturated carbocycles. The molecule has 46 valence electrons. The third-order valence-electron chi connectivity index (χ3n) is 0.633. The molecule has 0 N–H and O–H groups in total. The predicted molar refractivity (Wildman–Crippen MR) is 36.8 cm³/mol. The Morgan fingerprint density at radius 3 is 2.25 bits per heavy atom. The Hall–Kier alpha value is -0.310. The minimum Gasteiger partial charge on any atom is -0.372 e. The molecular formula is C5H8BrNO. The van der Waals surface area contributed by atoms with Gasteiger partial charge in [0.25, 0.3) is 0 Å². The van der Waals surface area contributed by atoms with Crippen LogP contribution in [0.25, 0.3) is 0 Å². The normalized spacial score (nSPS) is 11.1. The Morgan fingerprint density at radius 1 is 1.62 bits per heavy atom.